The summed E-state index contributed by atoms with van der Waals surface area (Å²) in [6.07, 6.45) is 0. The molecule has 0 bridgehead atoms. The molecular formula is C18H18N2O2. The lowest BCUT2D eigenvalue weighted by Gasteiger charge is -2.09. The minimum absolute atomic E-state index is 0.0277. The van der Waals surface area contributed by atoms with Crippen molar-refractivity contribution in [2.45, 2.75) is 13.2 Å². The Morgan fingerprint density at radius 1 is 1.09 bits per heavy atom. The molecule has 0 spiro atoms. The number of hydrogen-bond donors (Lipinski definition) is 2. The lowest BCUT2D eigenvalue weighted by Crippen LogP contribution is -2.25. The van der Waals surface area contributed by atoms with Crippen LogP contribution in [0.15, 0.2) is 54.6 Å². The highest BCUT2D eigenvalue weighted by molar-refractivity contribution is 5.98. The number of aryl methyl sites for hydroxylation is 1. The molecule has 0 fully saturated rings. The Hall–Kier alpha value is -2.59. The van der Waals surface area contributed by atoms with Crippen molar-refractivity contribution < 1.29 is 9.90 Å². The number of aliphatic hydroxyl groups excluding tert-OH is 1. The normalized spacial score (nSPS) is 10.8. The number of carbonyl (C=O) groups is 1. The molecule has 0 radical (unpaired) electrons. The summed E-state index contributed by atoms with van der Waals surface area (Å²) in [6, 6.07) is 17.3. The smallest absolute Gasteiger partial charge is 0.268 e. The molecule has 0 aliphatic carbocycles. The highest BCUT2D eigenvalue weighted by Gasteiger charge is 2.13. The number of amides is 1. The molecule has 22 heavy (non-hydrogen) atoms. The van der Waals surface area contributed by atoms with Gasteiger partial charge in [-0.05, 0) is 23.3 Å². The summed E-state index contributed by atoms with van der Waals surface area (Å²) in [5, 5.41) is 13.3. The van der Waals surface area contributed by atoms with Gasteiger partial charge in [0.2, 0.25) is 0 Å². The van der Waals surface area contributed by atoms with Crippen molar-refractivity contribution in [1.82, 2.24) is 9.88 Å². The maximum atomic E-state index is 12.4. The zero-order valence-electron chi connectivity index (χ0n) is 12.4. The first-order valence-electron chi connectivity index (χ1n) is 7.21. The molecule has 1 heterocycles. The second-order valence-electron chi connectivity index (χ2n) is 5.26. The van der Waals surface area contributed by atoms with Crippen molar-refractivity contribution in [1.29, 1.82) is 0 Å². The van der Waals surface area contributed by atoms with Gasteiger partial charge in [-0.15, -0.1) is 0 Å². The lowest BCUT2D eigenvalue weighted by molar-refractivity contribution is 0.0943. The molecule has 1 amide bonds. The molecule has 112 valence electrons. The fourth-order valence-electron chi connectivity index (χ4n) is 2.66. The molecule has 0 saturated carbocycles. The van der Waals surface area contributed by atoms with Gasteiger partial charge in [0.25, 0.3) is 5.91 Å². The summed E-state index contributed by atoms with van der Waals surface area (Å²) >= 11 is 0. The number of para-hydroxylation sites is 1. The van der Waals surface area contributed by atoms with Crippen LogP contribution in [0, 0.1) is 0 Å². The van der Waals surface area contributed by atoms with Gasteiger partial charge in [-0.2, -0.15) is 0 Å². The van der Waals surface area contributed by atoms with E-state index in [9.17, 15) is 9.90 Å². The van der Waals surface area contributed by atoms with Crippen LogP contribution >= 0.6 is 0 Å². The van der Waals surface area contributed by atoms with Crippen molar-refractivity contribution in [3.63, 3.8) is 0 Å². The number of nitrogens with zero attached hydrogens (tertiary/aromatic N) is 1. The molecule has 3 rings (SSSR count). The van der Waals surface area contributed by atoms with Gasteiger partial charge in [0.05, 0.1) is 6.61 Å². The standard InChI is InChI=1S/C18H18N2O2/c1-20-16-9-5-4-6-13(16)10-17(20)18(22)19-11-14-7-2-3-8-15(14)12-21/h2-10,21H,11-12H2,1H3,(H,19,22). The topological polar surface area (TPSA) is 54.3 Å². The van der Waals surface area contributed by atoms with Crippen LogP contribution in [0.2, 0.25) is 0 Å². The molecule has 4 nitrogen and oxygen atoms in total. The summed E-state index contributed by atoms with van der Waals surface area (Å²) in [4.78, 5) is 12.4. The number of benzene rings is 2. The SMILES string of the molecule is Cn1c(C(=O)NCc2ccccc2CO)cc2ccccc21. The van der Waals surface area contributed by atoms with Crippen molar-refractivity contribution in [3.05, 3.63) is 71.4 Å². The van der Waals surface area contributed by atoms with Crippen LogP contribution in [0.25, 0.3) is 10.9 Å². The minimum atomic E-state index is -0.119. The third-order valence-corrected chi connectivity index (χ3v) is 3.91. The quantitative estimate of drug-likeness (QED) is 0.777. The zero-order chi connectivity index (χ0) is 15.5. The van der Waals surface area contributed by atoms with Gasteiger partial charge in [-0.25, -0.2) is 0 Å². The van der Waals surface area contributed by atoms with Crippen LogP contribution in [-0.2, 0) is 20.2 Å². The van der Waals surface area contributed by atoms with E-state index in [0.29, 0.717) is 12.2 Å². The predicted molar refractivity (Wildman–Crippen MR) is 86.5 cm³/mol. The monoisotopic (exact) mass is 294 g/mol. The molecule has 0 aliphatic heterocycles. The summed E-state index contributed by atoms with van der Waals surface area (Å²) in [5.74, 6) is -0.119. The molecule has 0 saturated heterocycles. The number of nitrogens with one attached hydrogen (secondary N) is 1. The Kier molecular flexibility index (Phi) is 3.94. The van der Waals surface area contributed by atoms with Gasteiger partial charge >= 0.3 is 0 Å². The van der Waals surface area contributed by atoms with Gasteiger partial charge in [0, 0.05) is 24.5 Å². The van der Waals surface area contributed by atoms with Crippen LogP contribution in [0.4, 0.5) is 0 Å². The average molecular weight is 294 g/mol. The highest BCUT2D eigenvalue weighted by Crippen LogP contribution is 2.18. The van der Waals surface area contributed by atoms with Crippen LogP contribution in [0.3, 0.4) is 0 Å². The van der Waals surface area contributed by atoms with Crippen molar-refractivity contribution in [3.8, 4) is 0 Å². The number of rotatable bonds is 4. The zero-order valence-corrected chi connectivity index (χ0v) is 12.4. The van der Waals surface area contributed by atoms with Crippen LogP contribution in [-0.4, -0.2) is 15.6 Å². The highest BCUT2D eigenvalue weighted by atomic mass is 16.3. The van der Waals surface area contributed by atoms with Gasteiger partial charge in [0.1, 0.15) is 5.69 Å². The van der Waals surface area contributed by atoms with Crippen LogP contribution < -0.4 is 5.32 Å². The predicted octanol–water partition coefficient (Wildman–Crippen LogP) is 2.60. The maximum Gasteiger partial charge on any atom is 0.268 e. The van der Waals surface area contributed by atoms with Gasteiger partial charge in [-0.3, -0.25) is 4.79 Å². The van der Waals surface area contributed by atoms with Gasteiger partial charge in [-0.1, -0.05) is 42.5 Å². The third-order valence-electron chi connectivity index (χ3n) is 3.91. The average Bonchev–Trinajstić information content (AvgIpc) is 2.90. The second kappa shape index (κ2) is 6.03. The lowest BCUT2D eigenvalue weighted by atomic mass is 10.1. The number of hydrogen-bond acceptors (Lipinski definition) is 2. The second-order valence-corrected chi connectivity index (χ2v) is 5.26. The molecule has 0 unspecified atom stereocenters. The van der Waals surface area contributed by atoms with Crippen LogP contribution in [0.1, 0.15) is 21.6 Å². The Morgan fingerprint density at radius 3 is 2.50 bits per heavy atom. The Balaban J connectivity index is 1.80. The summed E-state index contributed by atoms with van der Waals surface area (Å²) in [5.41, 5.74) is 3.42. The van der Waals surface area contributed by atoms with E-state index < -0.39 is 0 Å². The molecule has 0 atom stereocenters. The van der Waals surface area contributed by atoms with Crippen LogP contribution in [0.5, 0.6) is 0 Å². The molecule has 1 aromatic heterocycles. The van der Waals surface area contributed by atoms with E-state index in [2.05, 4.69) is 5.32 Å². The fraction of sp³-hybridized carbons (Fsp3) is 0.167. The van der Waals surface area contributed by atoms with E-state index in [1.165, 1.54) is 0 Å². The van der Waals surface area contributed by atoms with Gasteiger partial charge in [0.15, 0.2) is 0 Å². The van der Waals surface area contributed by atoms with E-state index in [1.807, 2.05) is 66.2 Å². The van der Waals surface area contributed by atoms with E-state index in [0.717, 1.165) is 22.0 Å². The first kappa shape index (κ1) is 14.4. The number of aliphatic hydroxyl groups is 1. The summed E-state index contributed by atoms with van der Waals surface area (Å²) in [7, 11) is 1.89. The van der Waals surface area contributed by atoms with Gasteiger partial charge < -0.3 is 15.0 Å². The fourth-order valence-corrected chi connectivity index (χ4v) is 2.66. The van der Waals surface area contributed by atoms with Crippen molar-refractivity contribution >= 4 is 16.8 Å². The summed E-state index contributed by atoms with van der Waals surface area (Å²) in [6.45, 7) is 0.372. The van der Waals surface area contributed by atoms with E-state index >= 15 is 0 Å². The Bertz CT molecular complexity index is 821. The molecule has 3 aromatic rings. The molecule has 0 aliphatic rings. The number of carbonyl (C=O) groups excluding carboxylic acids is 1. The maximum absolute atomic E-state index is 12.4. The Morgan fingerprint density at radius 2 is 1.77 bits per heavy atom. The summed E-state index contributed by atoms with van der Waals surface area (Å²) < 4.78 is 1.89. The molecule has 2 aromatic carbocycles. The third kappa shape index (κ3) is 2.61. The van der Waals surface area contributed by atoms with E-state index in [-0.39, 0.29) is 12.5 Å². The number of fused-ring (bicyclic) bond motifs is 1. The molecule has 4 heteroatoms. The van der Waals surface area contributed by atoms with E-state index in [1.54, 1.807) is 0 Å². The first-order valence-corrected chi connectivity index (χ1v) is 7.21. The number of aromatic nitrogens is 1. The Labute approximate surface area is 129 Å². The minimum Gasteiger partial charge on any atom is -0.392 e. The van der Waals surface area contributed by atoms with Crippen molar-refractivity contribution in [2.75, 3.05) is 0 Å². The van der Waals surface area contributed by atoms with E-state index in [4.69, 9.17) is 0 Å². The largest absolute Gasteiger partial charge is 0.392 e. The van der Waals surface area contributed by atoms with Crippen molar-refractivity contribution in [2.24, 2.45) is 7.05 Å². The first-order chi connectivity index (χ1) is 10.7. The molecular weight excluding hydrogens is 276 g/mol. The molecule has 2 N–H and O–H groups in total.